The maximum Gasteiger partial charge on any atom is 0.142 e. The van der Waals surface area contributed by atoms with Crippen molar-refractivity contribution in [2.75, 3.05) is 45.2 Å². The molecule has 53 heavy (non-hydrogen) atoms. The van der Waals surface area contributed by atoms with Gasteiger partial charge in [-0.05, 0) is 68.1 Å². The normalized spacial score (nSPS) is 20.2. The van der Waals surface area contributed by atoms with Gasteiger partial charge in [-0.15, -0.1) is 0 Å². The molecular weight excluding hydrogens is 680 g/mol. The Morgan fingerprint density at radius 2 is 1.25 bits per heavy atom. The number of hydrogen-bond donors (Lipinski definition) is 3. The maximum absolute atomic E-state index is 5.73. The first-order valence-electron chi connectivity index (χ1n) is 18.0. The molecule has 6 aromatic rings. The summed E-state index contributed by atoms with van der Waals surface area (Å²) in [6.07, 6.45) is 9.32. The number of hydrogen-bond acceptors (Lipinski definition) is 8. The molecule has 10 nitrogen and oxygen atoms in total. The van der Waals surface area contributed by atoms with Gasteiger partial charge in [0.05, 0.1) is 10.8 Å². The van der Waals surface area contributed by atoms with Crippen molar-refractivity contribution in [2.24, 2.45) is 11.8 Å². The smallest absolute Gasteiger partial charge is 0.142 e. The predicted octanol–water partition coefficient (Wildman–Crippen LogP) is 8.30. The molecule has 0 bridgehead atoms. The fourth-order valence-electron chi connectivity index (χ4n) is 7.24. The van der Waals surface area contributed by atoms with Gasteiger partial charge < -0.3 is 20.2 Å². The SMILES string of the molecule is C.C.CC1CCN(Cc2ccccc2)CC1N(C)c1ncnc2[nH]ccc12.CNC1CN(Cc2ccccc2)CCC1C.Clc1ncnc2[nH]ccc12. The summed E-state index contributed by atoms with van der Waals surface area (Å²) in [7, 11) is 4.25. The summed E-state index contributed by atoms with van der Waals surface area (Å²) in [6.45, 7) is 11.4. The van der Waals surface area contributed by atoms with Crippen LogP contribution < -0.4 is 10.2 Å². The zero-order valence-corrected chi connectivity index (χ0v) is 31.0. The van der Waals surface area contributed by atoms with Crippen LogP contribution in [0.5, 0.6) is 0 Å². The fraction of sp³-hybridized carbons (Fsp3) is 0.429. The fourth-order valence-corrected chi connectivity index (χ4v) is 7.44. The third-order valence-corrected chi connectivity index (χ3v) is 10.7. The van der Waals surface area contributed by atoms with Crippen molar-refractivity contribution >= 4 is 39.5 Å². The van der Waals surface area contributed by atoms with Crippen molar-refractivity contribution in [1.29, 1.82) is 0 Å². The molecule has 8 rings (SSSR count). The number of nitrogens with one attached hydrogen (secondary N) is 3. The van der Waals surface area contributed by atoms with Crippen molar-refractivity contribution in [3.05, 3.63) is 114 Å². The summed E-state index contributed by atoms with van der Waals surface area (Å²) in [6, 6.07) is 26.5. The first-order chi connectivity index (χ1) is 24.9. The number of rotatable bonds is 7. The number of piperidine rings is 2. The van der Waals surface area contributed by atoms with Gasteiger partial charge >= 0.3 is 0 Å². The minimum atomic E-state index is 0. The molecule has 0 aliphatic carbocycles. The lowest BCUT2D eigenvalue weighted by molar-refractivity contribution is 0.147. The second-order valence-corrected chi connectivity index (χ2v) is 14.2. The quantitative estimate of drug-likeness (QED) is 0.141. The number of halogens is 1. The molecule has 0 radical (unpaired) electrons. The molecule has 4 unspecified atom stereocenters. The monoisotopic (exact) mass is 738 g/mol. The van der Waals surface area contributed by atoms with Crippen LogP contribution in [0, 0.1) is 11.8 Å². The second-order valence-electron chi connectivity index (χ2n) is 13.9. The van der Waals surface area contributed by atoms with E-state index < -0.39 is 0 Å². The van der Waals surface area contributed by atoms with E-state index in [4.69, 9.17) is 11.6 Å². The molecule has 284 valence electrons. The molecule has 4 aromatic heterocycles. The van der Waals surface area contributed by atoms with Gasteiger partial charge in [0.25, 0.3) is 0 Å². The molecule has 0 spiro atoms. The molecule has 2 aliphatic heterocycles. The van der Waals surface area contributed by atoms with Gasteiger partial charge in [-0.25, -0.2) is 19.9 Å². The van der Waals surface area contributed by atoms with Crippen molar-refractivity contribution in [2.45, 2.75) is 66.7 Å². The van der Waals surface area contributed by atoms with Gasteiger partial charge in [-0.3, -0.25) is 9.80 Å². The van der Waals surface area contributed by atoms with Gasteiger partial charge in [-0.1, -0.05) is 101 Å². The van der Waals surface area contributed by atoms with E-state index in [1.165, 1.54) is 43.4 Å². The van der Waals surface area contributed by atoms with E-state index in [-0.39, 0.29) is 14.9 Å². The van der Waals surface area contributed by atoms with E-state index in [0.29, 0.717) is 23.2 Å². The van der Waals surface area contributed by atoms with Crippen LogP contribution in [0.15, 0.2) is 97.8 Å². The number of aromatic nitrogens is 6. The standard InChI is InChI=1S/C20H25N5.C14H22N2.C6H4ClN3.2CH4/c1-15-9-11-25(12-16-6-4-3-5-7-16)13-18(15)24(2)20-17-8-10-21-19(17)22-14-23-20;1-12-8-9-16(11-14(12)15-2)10-13-6-4-3-5-7-13;7-5-4-1-2-8-6(4)10-3-9-5;;/h3-8,10,14-15,18H,9,11-13H2,1-2H3,(H,21,22,23);3-7,12,14-15H,8-11H2,1-2H3;1-3H,(H,8,9,10);2*1H4. The lowest BCUT2D eigenvalue weighted by Gasteiger charge is -2.42. The van der Waals surface area contributed by atoms with E-state index >= 15 is 0 Å². The van der Waals surface area contributed by atoms with Crippen LogP contribution in [-0.2, 0) is 13.1 Å². The summed E-state index contributed by atoms with van der Waals surface area (Å²) in [5.74, 6) is 2.46. The predicted molar refractivity (Wildman–Crippen MR) is 222 cm³/mol. The Morgan fingerprint density at radius 1 is 0.717 bits per heavy atom. The van der Waals surface area contributed by atoms with E-state index in [1.54, 1.807) is 12.5 Å². The summed E-state index contributed by atoms with van der Waals surface area (Å²) >= 11 is 5.73. The van der Waals surface area contributed by atoms with Crippen molar-refractivity contribution in [1.82, 2.24) is 45.0 Å². The van der Waals surface area contributed by atoms with Crippen molar-refractivity contribution in [3.8, 4) is 0 Å². The molecule has 0 saturated carbocycles. The molecule has 0 amide bonds. The summed E-state index contributed by atoms with van der Waals surface area (Å²) < 4.78 is 0. The second kappa shape index (κ2) is 20.2. The van der Waals surface area contributed by atoms with Crippen molar-refractivity contribution < 1.29 is 0 Å². The first kappa shape index (κ1) is 41.4. The van der Waals surface area contributed by atoms with Crippen LogP contribution in [0.4, 0.5) is 5.82 Å². The highest BCUT2D eigenvalue weighted by molar-refractivity contribution is 6.33. The lowest BCUT2D eigenvalue weighted by atomic mass is 9.92. The molecule has 2 aliphatic rings. The number of nitrogens with zero attached hydrogens (tertiary/aromatic N) is 7. The number of fused-ring (bicyclic) bond motifs is 2. The number of benzene rings is 2. The van der Waals surface area contributed by atoms with Gasteiger partial charge in [-0.2, -0.15) is 0 Å². The molecule has 3 N–H and O–H groups in total. The van der Waals surface area contributed by atoms with Crippen LogP contribution in [0.25, 0.3) is 22.1 Å². The Bertz CT molecular complexity index is 1910. The third kappa shape index (κ3) is 10.9. The number of aromatic amines is 2. The van der Waals surface area contributed by atoms with E-state index in [0.717, 1.165) is 60.0 Å². The summed E-state index contributed by atoms with van der Waals surface area (Å²) in [4.78, 5) is 30.2. The van der Waals surface area contributed by atoms with Crippen LogP contribution in [-0.4, -0.2) is 92.1 Å². The van der Waals surface area contributed by atoms with Gasteiger partial charge in [0.2, 0.25) is 0 Å². The minimum absolute atomic E-state index is 0. The summed E-state index contributed by atoms with van der Waals surface area (Å²) in [5, 5.41) is 5.88. The lowest BCUT2D eigenvalue weighted by Crippen LogP contribution is -2.50. The van der Waals surface area contributed by atoms with E-state index in [1.807, 2.05) is 12.3 Å². The molecule has 4 atom stereocenters. The van der Waals surface area contributed by atoms with E-state index in [2.05, 4.69) is 145 Å². The molecular formula is C42H59ClN10. The van der Waals surface area contributed by atoms with E-state index in [9.17, 15) is 0 Å². The average Bonchev–Trinajstić information content (AvgIpc) is 3.86. The van der Waals surface area contributed by atoms with Gasteiger partial charge in [0.15, 0.2) is 0 Å². The zero-order chi connectivity index (χ0) is 35.6. The van der Waals surface area contributed by atoms with Crippen LogP contribution in [0.3, 0.4) is 0 Å². The van der Waals surface area contributed by atoms with Crippen LogP contribution in [0.2, 0.25) is 5.15 Å². The average molecular weight is 739 g/mol. The largest absolute Gasteiger partial charge is 0.354 e. The third-order valence-electron chi connectivity index (χ3n) is 10.4. The number of H-pyrrole nitrogens is 2. The van der Waals surface area contributed by atoms with Crippen LogP contribution in [0.1, 0.15) is 52.7 Å². The zero-order valence-electron chi connectivity index (χ0n) is 30.2. The number of likely N-dealkylation sites (tertiary alicyclic amines) is 2. The molecule has 6 heterocycles. The molecule has 2 aromatic carbocycles. The number of likely N-dealkylation sites (N-methyl/N-ethyl adjacent to an activating group) is 2. The number of anilines is 1. The summed E-state index contributed by atoms with van der Waals surface area (Å²) in [5.41, 5.74) is 4.49. The topological polar surface area (TPSA) is 105 Å². The highest BCUT2D eigenvalue weighted by atomic mass is 35.5. The Labute approximate surface area is 321 Å². The Kier molecular flexibility index (Phi) is 15.8. The Hall–Kier alpha value is -4.35. The minimum Gasteiger partial charge on any atom is -0.354 e. The van der Waals surface area contributed by atoms with Gasteiger partial charge in [0.1, 0.15) is 34.9 Å². The molecule has 2 saturated heterocycles. The molecule has 2 fully saturated rings. The Morgan fingerprint density at radius 3 is 1.83 bits per heavy atom. The highest BCUT2D eigenvalue weighted by Crippen LogP contribution is 2.29. The Balaban J connectivity index is 0.000000192. The van der Waals surface area contributed by atoms with Crippen molar-refractivity contribution in [3.63, 3.8) is 0 Å². The van der Waals surface area contributed by atoms with Crippen LogP contribution >= 0.6 is 11.6 Å². The maximum atomic E-state index is 5.73. The highest BCUT2D eigenvalue weighted by Gasteiger charge is 2.31. The molecule has 11 heteroatoms. The van der Waals surface area contributed by atoms with Gasteiger partial charge in [0, 0.05) is 57.7 Å². The first-order valence-corrected chi connectivity index (χ1v) is 18.4.